The Kier molecular flexibility index (Phi) is 7.18. The standard InChI is InChI=1S/C26H37N5O/c1-4-21-11-9-7-5-6-8-10-17-31(21)26(32)30-18-14-20(2)24(19-30)29(3)23-13-16-28-25-22(23)12-15-27-25/h5-6,9,11-13,15-16,20-21,24H,4,7-8,10,14,17-19H2,1-3H3,(H,27,28)/b6-5-,11-9-/t20-,21?,24+/m1/s1. The highest BCUT2D eigenvalue weighted by Crippen LogP contribution is 2.31. The Hall–Kier alpha value is -2.76. The summed E-state index contributed by atoms with van der Waals surface area (Å²) in [6, 6.07) is 4.80. The number of likely N-dealkylation sites (N-methyl/N-ethyl adjacent to an activating group) is 1. The van der Waals surface area contributed by atoms with E-state index in [4.69, 9.17) is 0 Å². The first kappa shape index (κ1) is 22.4. The molecular weight excluding hydrogens is 398 g/mol. The molecule has 1 N–H and O–H groups in total. The summed E-state index contributed by atoms with van der Waals surface area (Å²) in [4.78, 5) is 27.9. The maximum Gasteiger partial charge on any atom is 0.320 e. The Morgan fingerprint density at radius 1 is 1.25 bits per heavy atom. The molecule has 1 fully saturated rings. The van der Waals surface area contributed by atoms with E-state index in [9.17, 15) is 4.79 Å². The minimum absolute atomic E-state index is 0.171. The number of amides is 2. The number of carbonyl (C=O) groups excluding carboxylic acids is 1. The van der Waals surface area contributed by atoms with Gasteiger partial charge in [0, 0.05) is 56.2 Å². The number of nitrogens with one attached hydrogen (secondary N) is 1. The molecule has 0 aromatic carbocycles. The number of pyridine rings is 1. The summed E-state index contributed by atoms with van der Waals surface area (Å²) in [5.41, 5.74) is 2.08. The number of rotatable bonds is 3. The van der Waals surface area contributed by atoms with Crippen LogP contribution in [0.5, 0.6) is 0 Å². The predicted molar refractivity (Wildman–Crippen MR) is 132 cm³/mol. The molecule has 0 saturated carbocycles. The van der Waals surface area contributed by atoms with E-state index in [1.165, 1.54) is 5.69 Å². The topological polar surface area (TPSA) is 55.5 Å². The Balaban J connectivity index is 1.53. The van der Waals surface area contributed by atoms with E-state index >= 15 is 0 Å². The van der Waals surface area contributed by atoms with Crippen LogP contribution in [0.15, 0.2) is 48.8 Å². The number of piperidine rings is 1. The molecule has 2 aromatic heterocycles. The number of hydrogen-bond donors (Lipinski definition) is 1. The molecule has 6 heteroatoms. The second-order valence-corrected chi connectivity index (χ2v) is 9.19. The Bertz CT molecular complexity index is 964. The molecule has 4 heterocycles. The number of allylic oxidation sites excluding steroid dienone is 3. The van der Waals surface area contributed by atoms with E-state index in [-0.39, 0.29) is 18.1 Å². The Labute approximate surface area is 192 Å². The third-order valence-electron chi connectivity index (χ3n) is 7.13. The monoisotopic (exact) mass is 435 g/mol. The van der Waals surface area contributed by atoms with Gasteiger partial charge < -0.3 is 19.7 Å². The fourth-order valence-electron chi connectivity index (χ4n) is 5.11. The molecule has 0 aliphatic carbocycles. The molecule has 0 bridgehead atoms. The van der Waals surface area contributed by atoms with Gasteiger partial charge in [-0.15, -0.1) is 0 Å². The number of nitrogens with zero attached hydrogens (tertiary/aromatic N) is 4. The average molecular weight is 436 g/mol. The van der Waals surface area contributed by atoms with Crippen LogP contribution in [0, 0.1) is 5.92 Å². The van der Waals surface area contributed by atoms with Gasteiger partial charge in [0.05, 0.1) is 6.04 Å². The number of likely N-dealkylation sites (tertiary alicyclic amines) is 1. The van der Waals surface area contributed by atoms with Crippen LogP contribution in [0.25, 0.3) is 11.0 Å². The van der Waals surface area contributed by atoms with Crippen molar-refractivity contribution in [2.24, 2.45) is 5.92 Å². The van der Waals surface area contributed by atoms with Crippen LogP contribution in [0.2, 0.25) is 0 Å². The molecule has 32 heavy (non-hydrogen) atoms. The summed E-state index contributed by atoms with van der Waals surface area (Å²) < 4.78 is 0. The predicted octanol–water partition coefficient (Wildman–Crippen LogP) is 5.21. The molecule has 0 radical (unpaired) electrons. The summed E-state index contributed by atoms with van der Waals surface area (Å²) >= 11 is 0. The van der Waals surface area contributed by atoms with Crippen molar-refractivity contribution in [3.8, 4) is 0 Å². The fraction of sp³-hybridized carbons (Fsp3) is 0.538. The number of urea groups is 1. The molecule has 2 aromatic rings. The highest BCUT2D eigenvalue weighted by molar-refractivity contribution is 5.89. The molecule has 3 atom stereocenters. The van der Waals surface area contributed by atoms with Crippen molar-refractivity contribution in [3.63, 3.8) is 0 Å². The lowest BCUT2D eigenvalue weighted by atomic mass is 9.92. The van der Waals surface area contributed by atoms with Crippen LogP contribution in [-0.4, -0.2) is 64.6 Å². The maximum absolute atomic E-state index is 13.7. The van der Waals surface area contributed by atoms with Crippen LogP contribution < -0.4 is 4.90 Å². The molecule has 0 spiro atoms. The average Bonchev–Trinajstić information content (AvgIpc) is 3.30. The van der Waals surface area contributed by atoms with Crippen molar-refractivity contribution in [3.05, 3.63) is 48.8 Å². The summed E-state index contributed by atoms with van der Waals surface area (Å²) in [7, 11) is 2.16. The van der Waals surface area contributed by atoms with E-state index in [1.807, 2.05) is 12.4 Å². The van der Waals surface area contributed by atoms with Gasteiger partial charge in [0.2, 0.25) is 0 Å². The van der Waals surface area contributed by atoms with Gasteiger partial charge in [0.1, 0.15) is 5.65 Å². The number of aromatic amines is 1. The number of H-pyrrole nitrogens is 1. The molecule has 6 nitrogen and oxygen atoms in total. The smallest absolute Gasteiger partial charge is 0.320 e. The molecule has 172 valence electrons. The normalized spacial score (nSPS) is 26.7. The molecule has 2 amide bonds. The van der Waals surface area contributed by atoms with Crippen LogP contribution in [0.1, 0.15) is 46.0 Å². The van der Waals surface area contributed by atoms with Crippen molar-refractivity contribution in [1.29, 1.82) is 0 Å². The lowest BCUT2D eigenvalue weighted by molar-refractivity contribution is 0.116. The van der Waals surface area contributed by atoms with Gasteiger partial charge in [-0.05, 0) is 50.2 Å². The number of anilines is 1. The number of aromatic nitrogens is 2. The molecular formula is C26H37N5O. The summed E-state index contributed by atoms with van der Waals surface area (Å²) in [6.45, 7) is 6.88. The van der Waals surface area contributed by atoms with Gasteiger partial charge >= 0.3 is 6.03 Å². The van der Waals surface area contributed by atoms with Gasteiger partial charge in [-0.2, -0.15) is 0 Å². The van der Waals surface area contributed by atoms with E-state index in [2.05, 4.69) is 82.0 Å². The first-order chi connectivity index (χ1) is 15.6. The number of hydrogen-bond acceptors (Lipinski definition) is 3. The van der Waals surface area contributed by atoms with Crippen LogP contribution in [0.4, 0.5) is 10.5 Å². The third-order valence-corrected chi connectivity index (χ3v) is 7.13. The second-order valence-electron chi connectivity index (χ2n) is 9.19. The lowest BCUT2D eigenvalue weighted by Gasteiger charge is -2.44. The minimum Gasteiger partial charge on any atom is -0.369 e. The van der Waals surface area contributed by atoms with Crippen molar-refractivity contribution in [1.82, 2.24) is 19.8 Å². The van der Waals surface area contributed by atoms with E-state index in [0.29, 0.717) is 5.92 Å². The zero-order valence-electron chi connectivity index (χ0n) is 19.7. The molecule has 4 rings (SSSR count). The molecule has 1 unspecified atom stereocenters. The zero-order valence-corrected chi connectivity index (χ0v) is 19.7. The summed E-state index contributed by atoms with van der Waals surface area (Å²) in [5.74, 6) is 0.511. The van der Waals surface area contributed by atoms with E-state index in [1.54, 1.807) is 0 Å². The highest BCUT2D eigenvalue weighted by Gasteiger charge is 2.35. The van der Waals surface area contributed by atoms with Gasteiger partial charge in [-0.1, -0.05) is 38.2 Å². The van der Waals surface area contributed by atoms with Gasteiger partial charge in [-0.3, -0.25) is 0 Å². The number of carbonyl (C=O) groups is 1. The summed E-state index contributed by atoms with van der Waals surface area (Å²) in [5, 5.41) is 1.13. The lowest BCUT2D eigenvalue weighted by Crippen LogP contribution is -2.57. The summed E-state index contributed by atoms with van der Waals surface area (Å²) in [6.07, 6.45) is 17.7. The quantitative estimate of drug-likeness (QED) is 0.674. The van der Waals surface area contributed by atoms with Crippen molar-refractivity contribution in [2.45, 2.75) is 58.0 Å². The SMILES string of the molecule is CCC1/C=C\C/C=C\CCCN1C(=O)N1CC[C@@H](C)[C@@H](N(C)c2ccnc3[nH]ccc23)C1. The second kappa shape index (κ2) is 10.2. The van der Waals surface area contributed by atoms with Crippen molar-refractivity contribution in [2.75, 3.05) is 31.6 Å². The van der Waals surface area contributed by atoms with Gasteiger partial charge in [0.25, 0.3) is 0 Å². The third kappa shape index (κ3) is 4.69. The van der Waals surface area contributed by atoms with Crippen LogP contribution >= 0.6 is 0 Å². The first-order valence-corrected chi connectivity index (χ1v) is 12.1. The minimum atomic E-state index is 0.171. The molecule has 1 saturated heterocycles. The van der Waals surface area contributed by atoms with Crippen molar-refractivity contribution < 1.29 is 4.79 Å². The van der Waals surface area contributed by atoms with Gasteiger partial charge in [-0.25, -0.2) is 9.78 Å². The highest BCUT2D eigenvalue weighted by atomic mass is 16.2. The van der Waals surface area contributed by atoms with Crippen LogP contribution in [-0.2, 0) is 0 Å². The largest absolute Gasteiger partial charge is 0.369 e. The Morgan fingerprint density at radius 2 is 2.12 bits per heavy atom. The first-order valence-electron chi connectivity index (χ1n) is 12.1. The van der Waals surface area contributed by atoms with E-state index < -0.39 is 0 Å². The van der Waals surface area contributed by atoms with Crippen molar-refractivity contribution >= 4 is 22.8 Å². The van der Waals surface area contributed by atoms with E-state index in [0.717, 1.165) is 62.8 Å². The Morgan fingerprint density at radius 3 is 2.97 bits per heavy atom. The zero-order chi connectivity index (χ0) is 22.5. The molecule has 2 aliphatic rings. The van der Waals surface area contributed by atoms with Crippen LogP contribution in [0.3, 0.4) is 0 Å². The molecule has 2 aliphatic heterocycles. The van der Waals surface area contributed by atoms with Gasteiger partial charge in [0.15, 0.2) is 0 Å². The maximum atomic E-state index is 13.7. The fourth-order valence-corrected chi connectivity index (χ4v) is 5.11. The number of fused-ring (bicyclic) bond motifs is 1.